The minimum atomic E-state index is -0.248. The molecule has 0 radical (unpaired) electrons. The molecule has 6 heteroatoms. The number of carbonyl (C=O) groups excluding carboxylic acids is 1. The maximum absolute atomic E-state index is 12.3. The van der Waals surface area contributed by atoms with Gasteiger partial charge in [-0.1, -0.05) is 31.0 Å². The predicted molar refractivity (Wildman–Crippen MR) is 91.8 cm³/mol. The molecule has 2 aliphatic carbocycles. The summed E-state index contributed by atoms with van der Waals surface area (Å²) in [6.07, 6.45) is 9.68. The molecule has 0 saturated heterocycles. The van der Waals surface area contributed by atoms with E-state index in [4.69, 9.17) is 0 Å². The fraction of sp³-hybridized carbons (Fsp3) is 0.706. The first kappa shape index (κ1) is 16.6. The molecule has 2 N–H and O–H groups in total. The van der Waals surface area contributed by atoms with Gasteiger partial charge in [0.1, 0.15) is 0 Å². The summed E-state index contributed by atoms with van der Waals surface area (Å²) < 4.78 is 0. The second kappa shape index (κ2) is 7.51. The van der Waals surface area contributed by atoms with Crippen molar-refractivity contribution in [2.75, 3.05) is 0 Å². The first-order chi connectivity index (χ1) is 11.1. The van der Waals surface area contributed by atoms with Gasteiger partial charge in [0.2, 0.25) is 5.91 Å². The van der Waals surface area contributed by atoms with E-state index in [9.17, 15) is 9.59 Å². The normalized spacial score (nSPS) is 19.9. The lowest BCUT2D eigenvalue weighted by Gasteiger charge is -2.24. The maximum atomic E-state index is 12.3. The lowest BCUT2D eigenvalue weighted by Crippen LogP contribution is -2.40. The van der Waals surface area contributed by atoms with Gasteiger partial charge in [0.05, 0.1) is 10.9 Å². The van der Waals surface area contributed by atoms with Crippen LogP contribution in [0.25, 0.3) is 0 Å². The van der Waals surface area contributed by atoms with Gasteiger partial charge < -0.3 is 10.3 Å². The van der Waals surface area contributed by atoms with Crippen LogP contribution in [-0.2, 0) is 17.6 Å². The summed E-state index contributed by atoms with van der Waals surface area (Å²) in [5, 5.41) is 3.46. The highest BCUT2D eigenvalue weighted by Crippen LogP contribution is 2.23. The number of fused-ring (bicyclic) bond motifs is 1. The maximum Gasteiger partial charge on any atom is 0.254 e. The fourth-order valence-electron chi connectivity index (χ4n) is 3.42. The van der Waals surface area contributed by atoms with E-state index in [2.05, 4.69) is 15.3 Å². The van der Waals surface area contributed by atoms with Crippen LogP contribution >= 0.6 is 11.8 Å². The fourth-order valence-corrected chi connectivity index (χ4v) is 4.25. The number of hydrogen-bond donors (Lipinski definition) is 2. The number of nitrogens with zero attached hydrogens (tertiary/aromatic N) is 1. The van der Waals surface area contributed by atoms with Crippen molar-refractivity contribution in [1.29, 1.82) is 0 Å². The van der Waals surface area contributed by atoms with Gasteiger partial charge in [-0.05, 0) is 45.4 Å². The van der Waals surface area contributed by atoms with Gasteiger partial charge in [0, 0.05) is 11.6 Å². The molecule has 1 fully saturated rings. The molecule has 126 valence electrons. The third-order valence-corrected chi connectivity index (χ3v) is 5.76. The zero-order valence-corrected chi connectivity index (χ0v) is 14.5. The minimum absolute atomic E-state index is 0.0305. The molecule has 1 amide bonds. The van der Waals surface area contributed by atoms with Gasteiger partial charge in [0.15, 0.2) is 5.16 Å². The molecule has 1 aromatic rings. The summed E-state index contributed by atoms with van der Waals surface area (Å²) in [6.45, 7) is 1.88. The summed E-state index contributed by atoms with van der Waals surface area (Å²) in [7, 11) is 0. The smallest absolute Gasteiger partial charge is 0.254 e. The molecule has 0 unspecified atom stereocenters. The van der Waals surface area contributed by atoms with E-state index in [0.29, 0.717) is 11.2 Å². The number of hydrogen-bond acceptors (Lipinski definition) is 4. The number of nitrogens with one attached hydrogen (secondary N) is 2. The van der Waals surface area contributed by atoms with Gasteiger partial charge in [-0.25, -0.2) is 4.98 Å². The Hall–Kier alpha value is -1.30. The molecule has 5 nitrogen and oxygen atoms in total. The molecule has 1 aromatic heterocycles. The van der Waals surface area contributed by atoms with Crippen LogP contribution in [0.15, 0.2) is 9.95 Å². The molecule has 1 heterocycles. The van der Waals surface area contributed by atoms with Crippen LogP contribution in [0.4, 0.5) is 0 Å². The van der Waals surface area contributed by atoms with Gasteiger partial charge in [-0.15, -0.1) is 0 Å². The Labute approximate surface area is 141 Å². The third-order valence-electron chi connectivity index (χ3n) is 4.78. The van der Waals surface area contributed by atoms with E-state index in [-0.39, 0.29) is 16.7 Å². The van der Waals surface area contributed by atoms with E-state index in [1.807, 2.05) is 6.92 Å². The van der Waals surface area contributed by atoms with E-state index >= 15 is 0 Å². The first-order valence-electron chi connectivity index (χ1n) is 8.72. The topological polar surface area (TPSA) is 74.8 Å². The number of thioether (sulfide) groups is 1. The van der Waals surface area contributed by atoms with Crippen molar-refractivity contribution in [3.63, 3.8) is 0 Å². The van der Waals surface area contributed by atoms with E-state index < -0.39 is 0 Å². The average molecular weight is 335 g/mol. The highest BCUT2D eigenvalue weighted by Gasteiger charge is 2.22. The van der Waals surface area contributed by atoms with Crippen molar-refractivity contribution in [1.82, 2.24) is 15.3 Å². The molecule has 0 spiro atoms. The lowest BCUT2D eigenvalue weighted by molar-refractivity contribution is -0.121. The van der Waals surface area contributed by atoms with Crippen molar-refractivity contribution < 1.29 is 4.79 Å². The summed E-state index contributed by atoms with van der Waals surface area (Å²) in [5.41, 5.74) is 1.72. The van der Waals surface area contributed by atoms with Gasteiger partial charge in [-0.2, -0.15) is 0 Å². The molecule has 0 aliphatic heterocycles. The Balaban J connectivity index is 1.62. The standard InChI is InChI=1S/C17H25N3O2S/c1-11(15(21)18-12-7-3-2-4-8-12)23-17-19-14-10-6-5-9-13(14)16(22)20-17/h11-12H,2-10H2,1H3,(H,18,21)(H,19,20,22)/t11-/m0/s1. The summed E-state index contributed by atoms with van der Waals surface area (Å²) in [4.78, 5) is 31.9. The number of rotatable bonds is 4. The number of aromatic nitrogens is 2. The number of carbonyl (C=O) groups is 1. The molecule has 2 aliphatic rings. The molecule has 0 bridgehead atoms. The van der Waals surface area contributed by atoms with Crippen LogP contribution in [0.1, 0.15) is 63.1 Å². The second-order valence-corrected chi connectivity index (χ2v) is 7.94. The molecular formula is C17H25N3O2S. The van der Waals surface area contributed by atoms with Crippen molar-refractivity contribution in [2.45, 2.75) is 81.2 Å². The zero-order chi connectivity index (χ0) is 16.2. The number of aryl methyl sites for hydroxylation is 1. The summed E-state index contributed by atoms with van der Waals surface area (Å²) in [5.74, 6) is 0.0438. The van der Waals surface area contributed by atoms with Crippen molar-refractivity contribution >= 4 is 17.7 Å². The Morgan fingerprint density at radius 1 is 1.22 bits per heavy atom. The van der Waals surface area contributed by atoms with Gasteiger partial charge in [-0.3, -0.25) is 9.59 Å². The quantitative estimate of drug-likeness (QED) is 0.655. The van der Waals surface area contributed by atoms with E-state index in [1.54, 1.807) is 0 Å². The minimum Gasteiger partial charge on any atom is -0.352 e. The van der Waals surface area contributed by atoms with Crippen LogP contribution in [0.5, 0.6) is 0 Å². The molecule has 1 saturated carbocycles. The first-order valence-corrected chi connectivity index (χ1v) is 9.60. The van der Waals surface area contributed by atoms with E-state index in [0.717, 1.165) is 49.8 Å². The van der Waals surface area contributed by atoms with Gasteiger partial charge in [0.25, 0.3) is 5.56 Å². The number of amides is 1. The molecule has 3 rings (SSSR count). The summed E-state index contributed by atoms with van der Waals surface area (Å²) in [6, 6.07) is 0.315. The zero-order valence-electron chi connectivity index (χ0n) is 13.7. The average Bonchev–Trinajstić information content (AvgIpc) is 2.56. The predicted octanol–water partition coefficient (Wildman–Crippen LogP) is 2.58. The third kappa shape index (κ3) is 4.16. The molecule has 0 aromatic carbocycles. The van der Waals surface area contributed by atoms with Crippen molar-refractivity contribution in [3.05, 3.63) is 21.6 Å². The van der Waals surface area contributed by atoms with E-state index in [1.165, 1.54) is 31.0 Å². The lowest BCUT2D eigenvalue weighted by atomic mass is 9.95. The van der Waals surface area contributed by atoms with Gasteiger partial charge >= 0.3 is 0 Å². The van der Waals surface area contributed by atoms with Crippen LogP contribution in [0.2, 0.25) is 0 Å². The summed E-state index contributed by atoms with van der Waals surface area (Å²) >= 11 is 1.35. The van der Waals surface area contributed by atoms with Crippen molar-refractivity contribution in [3.8, 4) is 0 Å². The second-order valence-electron chi connectivity index (χ2n) is 6.61. The molecular weight excluding hydrogens is 310 g/mol. The molecule has 23 heavy (non-hydrogen) atoms. The monoisotopic (exact) mass is 335 g/mol. The van der Waals surface area contributed by atoms with Crippen LogP contribution in [0, 0.1) is 0 Å². The van der Waals surface area contributed by atoms with Crippen LogP contribution in [-0.4, -0.2) is 27.2 Å². The number of aromatic amines is 1. The Morgan fingerprint density at radius 3 is 2.74 bits per heavy atom. The Kier molecular flexibility index (Phi) is 5.41. The van der Waals surface area contributed by atoms with Crippen LogP contribution in [0.3, 0.4) is 0 Å². The Morgan fingerprint density at radius 2 is 1.96 bits per heavy atom. The van der Waals surface area contributed by atoms with Crippen molar-refractivity contribution in [2.24, 2.45) is 0 Å². The molecule has 1 atom stereocenters. The highest BCUT2D eigenvalue weighted by molar-refractivity contribution is 8.00. The Bertz CT molecular complexity index is 623. The highest BCUT2D eigenvalue weighted by atomic mass is 32.2. The largest absolute Gasteiger partial charge is 0.352 e. The number of H-pyrrole nitrogens is 1. The SMILES string of the molecule is C[C@H](Sc1nc2c(c(=O)[nH]1)CCCC2)C(=O)NC1CCCCC1. The van der Waals surface area contributed by atoms with Crippen LogP contribution < -0.4 is 10.9 Å².